The summed E-state index contributed by atoms with van der Waals surface area (Å²) in [5, 5.41) is 16.2. The van der Waals surface area contributed by atoms with Gasteiger partial charge < -0.3 is 20.3 Å². The number of aliphatic hydroxyl groups excluding tert-OH is 1. The number of halogens is 1. The van der Waals surface area contributed by atoms with Crippen LogP contribution in [0.1, 0.15) is 64.0 Å². The molecule has 0 spiro atoms. The molecule has 1 aromatic rings. The first kappa shape index (κ1) is 25.9. The third kappa shape index (κ3) is 8.66. The Morgan fingerprint density at radius 2 is 1.97 bits per heavy atom. The second kappa shape index (κ2) is 14.0. The number of aromatic nitrogens is 1. The maximum atomic E-state index is 11.9. The van der Waals surface area contributed by atoms with Crippen LogP contribution >= 0.6 is 24.0 Å². The number of aryl methyl sites for hydroxylation is 1. The Morgan fingerprint density at radius 3 is 2.62 bits per heavy atom. The minimum Gasteiger partial charge on any atom is -0.396 e. The van der Waals surface area contributed by atoms with Crippen LogP contribution in [0.4, 0.5) is 0 Å². The largest absolute Gasteiger partial charge is 0.396 e. The minimum absolute atomic E-state index is 0. The van der Waals surface area contributed by atoms with Crippen molar-refractivity contribution in [1.29, 1.82) is 0 Å². The Morgan fingerprint density at radius 1 is 1.21 bits per heavy atom. The van der Waals surface area contributed by atoms with Crippen LogP contribution in [0.2, 0.25) is 0 Å². The van der Waals surface area contributed by atoms with E-state index in [1.807, 2.05) is 23.6 Å². The summed E-state index contributed by atoms with van der Waals surface area (Å²) in [5.74, 6) is 0.860. The molecular formula is C22H39IN4O2. The molecule has 2 rings (SSSR count). The minimum atomic E-state index is 0. The van der Waals surface area contributed by atoms with Crippen LogP contribution in [0.25, 0.3) is 0 Å². The van der Waals surface area contributed by atoms with Crippen molar-refractivity contribution in [3.05, 3.63) is 34.2 Å². The van der Waals surface area contributed by atoms with Crippen molar-refractivity contribution in [1.82, 2.24) is 15.2 Å². The molecule has 3 N–H and O–H groups in total. The lowest BCUT2D eigenvalue weighted by Gasteiger charge is -2.35. The van der Waals surface area contributed by atoms with Crippen molar-refractivity contribution >= 4 is 29.9 Å². The maximum absolute atomic E-state index is 11.9. The van der Waals surface area contributed by atoms with Crippen LogP contribution in [0, 0.1) is 12.3 Å². The lowest BCUT2D eigenvalue weighted by atomic mass is 9.72. The number of nitrogens with one attached hydrogen (secondary N) is 2. The van der Waals surface area contributed by atoms with Crippen LogP contribution < -0.4 is 16.2 Å². The number of hydrogen-bond donors (Lipinski definition) is 3. The summed E-state index contributed by atoms with van der Waals surface area (Å²) in [6.45, 7) is 7.49. The standard InChI is InChI=1S/C22H38N4O2.HI/c1-3-23-21(25-18-22(14-17-27)12-5-4-6-13-22)24-15-7-8-16-26-19(2)10-9-11-20(26)28;/h9-11,27H,3-8,12-18H2,1-2H3,(H2,23,24,25);1H. The molecule has 0 aromatic carbocycles. The van der Waals surface area contributed by atoms with Gasteiger partial charge in [0.05, 0.1) is 0 Å². The van der Waals surface area contributed by atoms with Gasteiger partial charge in [0.25, 0.3) is 5.56 Å². The summed E-state index contributed by atoms with van der Waals surface area (Å²) in [6.07, 6.45) is 8.91. The molecule has 0 unspecified atom stereocenters. The third-order valence-electron chi connectivity index (χ3n) is 5.84. The molecule has 1 heterocycles. The molecule has 166 valence electrons. The maximum Gasteiger partial charge on any atom is 0.250 e. The van der Waals surface area contributed by atoms with Gasteiger partial charge in [-0.05, 0) is 57.4 Å². The van der Waals surface area contributed by atoms with E-state index in [4.69, 9.17) is 4.99 Å². The molecule has 1 aliphatic rings. The Bertz CT molecular complexity index is 664. The predicted molar refractivity (Wildman–Crippen MR) is 131 cm³/mol. The zero-order chi connectivity index (χ0) is 20.2. The summed E-state index contributed by atoms with van der Waals surface area (Å²) >= 11 is 0. The van der Waals surface area contributed by atoms with Crippen LogP contribution in [0.3, 0.4) is 0 Å². The first-order chi connectivity index (χ1) is 13.6. The van der Waals surface area contributed by atoms with Gasteiger partial charge in [-0.3, -0.25) is 9.79 Å². The van der Waals surface area contributed by atoms with Gasteiger partial charge in [0.2, 0.25) is 0 Å². The fraction of sp³-hybridized carbons (Fsp3) is 0.727. The molecule has 1 aliphatic carbocycles. The SMILES string of the molecule is CCNC(=NCC1(CCO)CCCCC1)NCCCCn1c(C)cccc1=O.I. The number of aliphatic hydroxyl groups is 1. The van der Waals surface area contributed by atoms with Crippen molar-refractivity contribution in [3.63, 3.8) is 0 Å². The van der Waals surface area contributed by atoms with E-state index < -0.39 is 0 Å². The number of hydrogen-bond acceptors (Lipinski definition) is 3. The summed E-state index contributed by atoms with van der Waals surface area (Å²) in [4.78, 5) is 16.8. The van der Waals surface area contributed by atoms with Gasteiger partial charge in [0.15, 0.2) is 5.96 Å². The van der Waals surface area contributed by atoms with Crippen molar-refractivity contribution in [3.8, 4) is 0 Å². The van der Waals surface area contributed by atoms with Gasteiger partial charge in [0.1, 0.15) is 0 Å². The van der Waals surface area contributed by atoms with Crippen molar-refractivity contribution < 1.29 is 5.11 Å². The van der Waals surface area contributed by atoms with Gasteiger partial charge in [-0.15, -0.1) is 24.0 Å². The Hall–Kier alpha value is -1.09. The van der Waals surface area contributed by atoms with E-state index in [-0.39, 0.29) is 41.6 Å². The molecule has 0 bridgehead atoms. The molecule has 0 aliphatic heterocycles. The molecule has 29 heavy (non-hydrogen) atoms. The zero-order valence-electron chi connectivity index (χ0n) is 18.1. The summed E-state index contributed by atoms with van der Waals surface area (Å²) < 4.78 is 1.83. The molecule has 6 nitrogen and oxygen atoms in total. The molecule has 1 saturated carbocycles. The van der Waals surface area contributed by atoms with E-state index in [0.29, 0.717) is 0 Å². The molecule has 7 heteroatoms. The average Bonchev–Trinajstić information content (AvgIpc) is 2.69. The number of aliphatic imine (C=N–C) groups is 1. The fourth-order valence-corrected chi connectivity index (χ4v) is 4.13. The van der Waals surface area contributed by atoms with Crippen LogP contribution in [-0.4, -0.2) is 41.9 Å². The topological polar surface area (TPSA) is 78.7 Å². The van der Waals surface area contributed by atoms with Crippen LogP contribution in [0.5, 0.6) is 0 Å². The number of rotatable bonds is 10. The van der Waals surface area contributed by atoms with Gasteiger partial charge in [-0.25, -0.2) is 0 Å². The summed E-state index contributed by atoms with van der Waals surface area (Å²) in [7, 11) is 0. The van der Waals surface area contributed by atoms with Crippen LogP contribution in [0.15, 0.2) is 28.0 Å². The molecule has 1 fully saturated rings. The monoisotopic (exact) mass is 518 g/mol. The van der Waals surface area contributed by atoms with E-state index in [2.05, 4.69) is 17.6 Å². The van der Waals surface area contributed by atoms with Gasteiger partial charge >= 0.3 is 0 Å². The highest BCUT2D eigenvalue weighted by Gasteiger charge is 2.31. The predicted octanol–water partition coefficient (Wildman–Crippen LogP) is 3.44. The van der Waals surface area contributed by atoms with Gasteiger partial charge in [-0.2, -0.15) is 0 Å². The summed E-state index contributed by atoms with van der Waals surface area (Å²) in [6, 6.07) is 5.41. The quantitative estimate of drug-likeness (QED) is 0.192. The summed E-state index contributed by atoms with van der Waals surface area (Å²) in [5.41, 5.74) is 1.25. The third-order valence-corrected chi connectivity index (χ3v) is 5.84. The van der Waals surface area contributed by atoms with E-state index in [9.17, 15) is 9.90 Å². The first-order valence-electron chi connectivity index (χ1n) is 10.9. The van der Waals surface area contributed by atoms with E-state index in [1.54, 1.807) is 6.07 Å². The second-order valence-corrected chi connectivity index (χ2v) is 8.02. The molecule has 0 saturated heterocycles. The number of unbranched alkanes of at least 4 members (excludes halogenated alkanes) is 1. The van der Waals surface area contributed by atoms with Crippen LogP contribution in [-0.2, 0) is 6.54 Å². The molecule has 1 aromatic heterocycles. The zero-order valence-corrected chi connectivity index (χ0v) is 20.4. The van der Waals surface area contributed by atoms with Gasteiger partial charge in [-0.1, -0.05) is 25.3 Å². The van der Waals surface area contributed by atoms with Crippen molar-refractivity contribution in [2.75, 3.05) is 26.2 Å². The normalized spacial score (nSPS) is 16.2. The highest BCUT2D eigenvalue weighted by Crippen LogP contribution is 2.39. The fourth-order valence-electron chi connectivity index (χ4n) is 4.13. The van der Waals surface area contributed by atoms with E-state index in [0.717, 1.165) is 57.1 Å². The lowest BCUT2D eigenvalue weighted by Crippen LogP contribution is -2.39. The first-order valence-corrected chi connectivity index (χ1v) is 10.9. The lowest BCUT2D eigenvalue weighted by molar-refractivity contribution is 0.137. The highest BCUT2D eigenvalue weighted by atomic mass is 127. The number of nitrogens with zero attached hydrogens (tertiary/aromatic N) is 2. The molecular weight excluding hydrogens is 479 g/mol. The molecule has 0 radical (unpaired) electrons. The second-order valence-electron chi connectivity index (χ2n) is 8.02. The molecule has 0 atom stereocenters. The van der Waals surface area contributed by atoms with Crippen molar-refractivity contribution in [2.45, 2.75) is 71.8 Å². The average molecular weight is 518 g/mol. The number of guanidine groups is 1. The van der Waals surface area contributed by atoms with E-state index in [1.165, 1.54) is 32.1 Å². The number of pyridine rings is 1. The Balaban J connectivity index is 0.00000420. The Kier molecular flexibility index (Phi) is 12.5. The van der Waals surface area contributed by atoms with Crippen molar-refractivity contribution in [2.24, 2.45) is 10.4 Å². The smallest absolute Gasteiger partial charge is 0.250 e. The van der Waals surface area contributed by atoms with E-state index >= 15 is 0 Å². The van der Waals surface area contributed by atoms with Gasteiger partial charge in [0, 0.05) is 44.5 Å². The highest BCUT2D eigenvalue weighted by molar-refractivity contribution is 14.0. The molecule has 0 amide bonds. The Labute approximate surface area is 192 Å².